The third kappa shape index (κ3) is 3.71. The summed E-state index contributed by atoms with van der Waals surface area (Å²) in [5.41, 5.74) is 0. The van der Waals surface area contributed by atoms with Crippen LogP contribution in [0.1, 0.15) is 20.3 Å². The van der Waals surface area contributed by atoms with E-state index in [9.17, 15) is 4.89 Å². The highest BCUT2D eigenvalue weighted by atomic mass is 32.5. The van der Waals surface area contributed by atoms with E-state index >= 15 is 0 Å². The van der Waals surface area contributed by atoms with Gasteiger partial charge in [0.05, 0.1) is 6.61 Å². The van der Waals surface area contributed by atoms with Gasteiger partial charge in [0.25, 0.3) is 6.64 Å². The number of amidine groups is 1. The second-order valence-corrected chi connectivity index (χ2v) is 7.20. The van der Waals surface area contributed by atoms with Gasteiger partial charge in [0.1, 0.15) is 0 Å². The minimum atomic E-state index is -2.86. The van der Waals surface area contributed by atoms with E-state index in [1.165, 1.54) is 0 Å². The Morgan fingerprint density at radius 3 is 2.87 bits per heavy atom. The van der Waals surface area contributed by atoms with Crippen molar-refractivity contribution < 1.29 is 9.42 Å². The highest BCUT2D eigenvalue weighted by Crippen LogP contribution is 2.48. The fourth-order valence-corrected chi connectivity index (χ4v) is 4.85. The molecule has 1 aliphatic heterocycles. The Morgan fingerprint density at radius 1 is 1.67 bits per heavy atom. The van der Waals surface area contributed by atoms with Gasteiger partial charge in [-0.2, -0.15) is 0 Å². The molecule has 1 heterocycles. The van der Waals surface area contributed by atoms with Gasteiger partial charge in [-0.3, -0.25) is 9.66 Å². The lowest BCUT2D eigenvalue weighted by molar-refractivity contribution is 0.296. The monoisotopic (exact) mass is 268 g/mol. The predicted molar refractivity (Wildman–Crippen MR) is 69.9 cm³/mol. The van der Waals surface area contributed by atoms with Crippen LogP contribution < -0.4 is 0 Å². The largest absolute Gasteiger partial charge is 0.329 e. The van der Waals surface area contributed by atoms with Crippen LogP contribution in [0, 0.1) is 0 Å². The number of thioether (sulfide) groups is 1. The minimum absolute atomic E-state index is 0.433. The first-order valence-corrected chi connectivity index (χ1v) is 8.65. The van der Waals surface area contributed by atoms with Gasteiger partial charge in [0, 0.05) is 18.8 Å². The third-order valence-electron chi connectivity index (χ3n) is 1.90. The first kappa shape index (κ1) is 13.5. The molecule has 0 bridgehead atoms. The highest BCUT2D eigenvalue weighted by Gasteiger charge is 2.27. The molecule has 7 heteroatoms. The summed E-state index contributed by atoms with van der Waals surface area (Å²) in [4.78, 5) is 14.4. The summed E-state index contributed by atoms with van der Waals surface area (Å²) in [6.45, 7) is 2.82. The van der Waals surface area contributed by atoms with E-state index in [4.69, 9.17) is 16.3 Å². The molecule has 1 atom stereocenters. The highest BCUT2D eigenvalue weighted by molar-refractivity contribution is 8.15. The van der Waals surface area contributed by atoms with Crippen molar-refractivity contribution in [3.63, 3.8) is 0 Å². The zero-order chi connectivity index (χ0) is 11.3. The van der Waals surface area contributed by atoms with Crippen LogP contribution in [0.2, 0.25) is 0 Å². The number of rotatable bonds is 4. The molecule has 1 N–H and O–H groups in total. The summed E-state index contributed by atoms with van der Waals surface area (Å²) in [7, 11) is 0. The van der Waals surface area contributed by atoms with E-state index in [2.05, 4.69) is 4.99 Å². The molecular formula is C8H17N2O2PS2. The first-order chi connectivity index (χ1) is 7.11. The van der Waals surface area contributed by atoms with Crippen molar-refractivity contribution in [1.82, 2.24) is 4.67 Å². The number of aliphatic imine (C=N–C) groups is 1. The van der Waals surface area contributed by atoms with Crippen LogP contribution >= 0.6 is 18.4 Å². The molecule has 4 nitrogen and oxygen atoms in total. The quantitative estimate of drug-likeness (QED) is 0.791. The Hall–Kier alpha value is 0.390. The van der Waals surface area contributed by atoms with Crippen molar-refractivity contribution in [3.05, 3.63) is 0 Å². The molecule has 88 valence electrons. The van der Waals surface area contributed by atoms with Crippen LogP contribution in [0.5, 0.6) is 0 Å². The van der Waals surface area contributed by atoms with Gasteiger partial charge < -0.3 is 9.42 Å². The minimum Gasteiger partial charge on any atom is -0.329 e. The van der Waals surface area contributed by atoms with Gasteiger partial charge in [0.15, 0.2) is 5.17 Å². The van der Waals surface area contributed by atoms with Crippen molar-refractivity contribution in [2.24, 2.45) is 4.99 Å². The van der Waals surface area contributed by atoms with Crippen LogP contribution in [0.3, 0.4) is 0 Å². The molecular weight excluding hydrogens is 251 g/mol. The lowest BCUT2D eigenvalue weighted by Crippen LogP contribution is -2.28. The lowest BCUT2D eigenvalue weighted by Gasteiger charge is -2.31. The van der Waals surface area contributed by atoms with E-state index in [-0.39, 0.29) is 0 Å². The second-order valence-electron chi connectivity index (χ2n) is 2.99. The summed E-state index contributed by atoms with van der Waals surface area (Å²) in [5.74, 6) is 1.04. The standard InChI is InChI=1S/C8H17N2O2PS2/c1-3-10(13(11,14)12-4-2)8-9-6-5-7-15-8/h3-7H2,1-2H3,(H,11,14). The Morgan fingerprint density at radius 2 is 2.40 bits per heavy atom. The van der Waals surface area contributed by atoms with Gasteiger partial charge in [-0.05, 0) is 32.1 Å². The maximum atomic E-state index is 10.1. The molecule has 15 heavy (non-hydrogen) atoms. The summed E-state index contributed by atoms with van der Waals surface area (Å²) in [5, 5.41) is 0.836. The van der Waals surface area contributed by atoms with Gasteiger partial charge in [-0.25, -0.2) is 0 Å². The van der Waals surface area contributed by atoms with E-state index in [0.29, 0.717) is 13.2 Å². The number of hydrogen-bond donors (Lipinski definition) is 1. The van der Waals surface area contributed by atoms with E-state index in [0.717, 1.165) is 23.9 Å². The molecule has 0 saturated carbocycles. The molecule has 0 radical (unpaired) electrons. The zero-order valence-corrected chi connectivity index (χ0v) is 11.6. The Kier molecular flexibility index (Phi) is 5.57. The third-order valence-corrected chi connectivity index (χ3v) is 5.72. The molecule has 0 fully saturated rings. The molecule has 0 aromatic heterocycles. The van der Waals surface area contributed by atoms with Crippen molar-refractivity contribution in [3.8, 4) is 0 Å². The van der Waals surface area contributed by atoms with Crippen LogP contribution in [0.25, 0.3) is 0 Å². The summed E-state index contributed by atoms with van der Waals surface area (Å²) < 4.78 is 6.98. The van der Waals surface area contributed by atoms with E-state index in [1.54, 1.807) is 16.4 Å². The topological polar surface area (TPSA) is 45.1 Å². The van der Waals surface area contributed by atoms with Crippen molar-refractivity contribution in [2.75, 3.05) is 25.4 Å². The summed E-state index contributed by atoms with van der Waals surface area (Å²) in [6.07, 6.45) is 1.09. The number of nitrogens with zero attached hydrogens (tertiary/aromatic N) is 2. The van der Waals surface area contributed by atoms with Crippen LogP contribution in [0.4, 0.5) is 0 Å². The molecule has 0 saturated heterocycles. The zero-order valence-electron chi connectivity index (χ0n) is 9.05. The van der Waals surface area contributed by atoms with E-state index in [1.807, 2.05) is 13.8 Å². The Bertz CT molecular complexity index is 286. The van der Waals surface area contributed by atoms with Crippen LogP contribution in [-0.4, -0.2) is 40.2 Å². The van der Waals surface area contributed by atoms with Gasteiger partial charge in [0.2, 0.25) is 0 Å². The van der Waals surface area contributed by atoms with E-state index < -0.39 is 6.64 Å². The summed E-state index contributed by atoms with van der Waals surface area (Å²) >= 11 is 6.77. The molecule has 0 aliphatic carbocycles. The smallest absolute Gasteiger partial charge is 0.289 e. The maximum absolute atomic E-state index is 10.1. The average Bonchev–Trinajstić information content (AvgIpc) is 2.19. The number of hydrogen-bond acceptors (Lipinski definition) is 4. The molecule has 0 aromatic carbocycles. The fraction of sp³-hybridized carbons (Fsp3) is 0.875. The van der Waals surface area contributed by atoms with Crippen molar-refractivity contribution >= 4 is 35.4 Å². The maximum Gasteiger partial charge on any atom is 0.289 e. The predicted octanol–water partition coefficient (Wildman–Crippen LogP) is 2.05. The summed E-state index contributed by atoms with van der Waals surface area (Å²) in [6, 6.07) is 0. The molecule has 1 unspecified atom stereocenters. The SMILES string of the molecule is CCOP(O)(=S)N(CC)C1=NCCCS1. The van der Waals surface area contributed by atoms with Crippen LogP contribution in [0.15, 0.2) is 4.99 Å². The van der Waals surface area contributed by atoms with Gasteiger partial charge >= 0.3 is 0 Å². The average molecular weight is 268 g/mol. The van der Waals surface area contributed by atoms with Crippen LogP contribution in [-0.2, 0) is 16.3 Å². The van der Waals surface area contributed by atoms with Crippen molar-refractivity contribution in [1.29, 1.82) is 0 Å². The second kappa shape index (κ2) is 6.21. The molecule has 0 amide bonds. The molecule has 1 aliphatic rings. The molecule has 1 rings (SSSR count). The Labute approximate surface area is 100 Å². The molecule has 0 aromatic rings. The fourth-order valence-electron chi connectivity index (χ4n) is 1.26. The van der Waals surface area contributed by atoms with Gasteiger partial charge in [-0.15, -0.1) is 0 Å². The first-order valence-electron chi connectivity index (χ1n) is 5.04. The van der Waals surface area contributed by atoms with Gasteiger partial charge in [-0.1, -0.05) is 11.8 Å². The normalized spacial score (nSPS) is 20.6. The van der Waals surface area contributed by atoms with Crippen molar-refractivity contribution in [2.45, 2.75) is 20.3 Å². The molecule has 0 spiro atoms. The Balaban J connectivity index is 2.77. The lowest BCUT2D eigenvalue weighted by atomic mass is 10.5.